The van der Waals surface area contributed by atoms with Gasteiger partial charge in [0.15, 0.2) is 5.13 Å². The molecule has 0 radical (unpaired) electrons. The van der Waals surface area contributed by atoms with E-state index in [4.69, 9.17) is 4.74 Å². The molecule has 1 heterocycles. The predicted molar refractivity (Wildman–Crippen MR) is 86.7 cm³/mol. The Morgan fingerprint density at radius 2 is 2.00 bits per heavy atom. The van der Waals surface area contributed by atoms with Crippen LogP contribution in [0.3, 0.4) is 0 Å². The van der Waals surface area contributed by atoms with Gasteiger partial charge >= 0.3 is 0 Å². The van der Waals surface area contributed by atoms with E-state index in [1.807, 2.05) is 18.3 Å². The Bertz CT molecular complexity index is 520. The van der Waals surface area contributed by atoms with Crippen molar-refractivity contribution in [1.82, 2.24) is 4.98 Å². The molecule has 0 atom stereocenters. The van der Waals surface area contributed by atoms with E-state index in [9.17, 15) is 0 Å². The number of rotatable bonds is 7. The monoisotopic (exact) mass is 290 g/mol. The van der Waals surface area contributed by atoms with Gasteiger partial charge in [-0.15, -0.1) is 0 Å². The minimum atomic E-state index is 0.623. The van der Waals surface area contributed by atoms with Crippen LogP contribution in [-0.2, 0) is 0 Å². The van der Waals surface area contributed by atoms with E-state index >= 15 is 0 Å². The molecular weight excluding hydrogens is 268 g/mol. The van der Waals surface area contributed by atoms with Crippen molar-refractivity contribution in [3.05, 3.63) is 30.5 Å². The van der Waals surface area contributed by atoms with E-state index in [0.29, 0.717) is 5.92 Å². The summed E-state index contributed by atoms with van der Waals surface area (Å²) < 4.78 is 5.59. The molecule has 0 aliphatic rings. The molecule has 0 aliphatic carbocycles. The molecule has 2 rings (SSSR count). The van der Waals surface area contributed by atoms with Crippen LogP contribution in [0.2, 0.25) is 0 Å². The van der Waals surface area contributed by atoms with Crippen LogP contribution in [0.5, 0.6) is 5.75 Å². The quantitative estimate of drug-likeness (QED) is 0.805. The molecule has 4 heteroatoms. The average Bonchev–Trinajstić information content (AvgIpc) is 2.92. The smallest absolute Gasteiger partial charge is 0.183 e. The third-order valence-corrected chi connectivity index (χ3v) is 3.78. The highest BCUT2D eigenvalue weighted by atomic mass is 32.1. The lowest BCUT2D eigenvalue weighted by Gasteiger charge is -2.05. The van der Waals surface area contributed by atoms with E-state index in [1.165, 1.54) is 10.4 Å². The van der Waals surface area contributed by atoms with Gasteiger partial charge in [-0.2, -0.15) is 0 Å². The summed E-state index contributed by atoms with van der Waals surface area (Å²) in [5.41, 5.74) is 1.18. The molecule has 20 heavy (non-hydrogen) atoms. The maximum absolute atomic E-state index is 5.59. The maximum atomic E-state index is 5.59. The van der Waals surface area contributed by atoms with Gasteiger partial charge < -0.3 is 10.1 Å². The molecule has 1 aromatic carbocycles. The van der Waals surface area contributed by atoms with Crippen LogP contribution in [0.15, 0.2) is 30.5 Å². The number of nitrogens with one attached hydrogen (secondary N) is 1. The molecule has 0 saturated heterocycles. The Kier molecular flexibility index (Phi) is 5.41. The zero-order chi connectivity index (χ0) is 14.4. The number of hydrogen-bond acceptors (Lipinski definition) is 4. The van der Waals surface area contributed by atoms with Gasteiger partial charge in [-0.25, -0.2) is 4.98 Å². The summed E-state index contributed by atoms with van der Waals surface area (Å²) in [4.78, 5) is 5.59. The summed E-state index contributed by atoms with van der Waals surface area (Å²) in [6.45, 7) is 8.21. The summed E-state index contributed by atoms with van der Waals surface area (Å²) in [7, 11) is 0. The highest BCUT2D eigenvalue weighted by Crippen LogP contribution is 2.30. The third kappa shape index (κ3) is 4.23. The fourth-order valence-electron chi connectivity index (χ4n) is 1.72. The minimum Gasteiger partial charge on any atom is -0.494 e. The van der Waals surface area contributed by atoms with Crippen molar-refractivity contribution in [3.63, 3.8) is 0 Å². The maximum Gasteiger partial charge on any atom is 0.183 e. The molecule has 0 aliphatic heterocycles. The van der Waals surface area contributed by atoms with Crippen molar-refractivity contribution >= 4 is 16.5 Å². The lowest BCUT2D eigenvalue weighted by molar-refractivity contribution is 0.317. The van der Waals surface area contributed by atoms with Crippen LogP contribution in [-0.4, -0.2) is 18.1 Å². The molecule has 2 aromatic rings. The van der Waals surface area contributed by atoms with E-state index in [1.54, 1.807) is 11.3 Å². The number of hydrogen-bond donors (Lipinski definition) is 1. The first-order valence-electron chi connectivity index (χ1n) is 7.12. The Hall–Kier alpha value is -1.55. The van der Waals surface area contributed by atoms with Gasteiger partial charge in [-0.1, -0.05) is 32.1 Å². The summed E-state index contributed by atoms with van der Waals surface area (Å²) in [6.07, 6.45) is 2.96. The lowest BCUT2D eigenvalue weighted by atomic mass is 10.2. The molecule has 0 saturated carbocycles. The minimum absolute atomic E-state index is 0.623. The molecular formula is C16H22N2OS. The van der Waals surface area contributed by atoms with Gasteiger partial charge in [0, 0.05) is 12.7 Å². The highest BCUT2D eigenvalue weighted by molar-refractivity contribution is 7.18. The van der Waals surface area contributed by atoms with Crippen molar-refractivity contribution in [2.75, 3.05) is 18.5 Å². The number of benzene rings is 1. The molecule has 0 spiro atoms. The molecule has 108 valence electrons. The Labute approximate surface area is 125 Å². The Morgan fingerprint density at radius 1 is 1.25 bits per heavy atom. The van der Waals surface area contributed by atoms with E-state index < -0.39 is 0 Å². The zero-order valence-electron chi connectivity index (χ0n) is 12.3. The van der Waals surface area contributed by atoms with E-state index in [2.05, 4.69) is 43.2 Å². The van der Waals surface area contributed by atoms with Gasteiger partial charge in [-0.05, 0) is 42.2 Å². The van der Waals surface area contributed by atoms with Gasteiger partial charge in [-0.3, -0.25) is 0 Å². The average molecular weight is 290 g/mol. The molecule has 3 nitrogen and oxygen atoms in total. The number of ether oxygens (including phenoxy) is 1. The third-order valence-electron chi connectivity index (χ3n) is 2.78. The summed E-state index contributed by atoms with van der Waals surface area (Å²) in [5, 5.41) is 4.34. The number of thiazole rings is 1. The number of anilines is 1. The number of nitrogens with zero attached hydrogens (tertiary/aromatic N) is 1. The number of aromatic nitrogens is 1. The normalized spacial score (nSPS) is 10.8. The van der Waals surface area contributed by atoms with Crippen LogP contribution in [0.1, 0.15) is 27.2 Å². The van der Waals surface area contributed by atoms with Crippen molar-refractivity contribution in [2.24, 2.45) is 5.92 Å². The fraction of sp³-hybridized carbons (Fsp3) is 0.438. The van der Waals surface area contributed by atoms with Gasteiger partial charge in [0.05, 0.1) is 11.5 Å². The predicted octanol–water partition coefficient (Wildman–Crippen LogP) is 4.67. The van der Waals surface area contributed by atoms with E-state index in [-0.39, 0.29) is 0 Å². The summed E-state index contributed by atoms with van der Waals surface area (Å²) in [5.74, 6) is 1.55. The second-order valence-corrected chi connectivity index (χ2v) is 6.21. The molecule has 1 N–H and O–H groups in total. The van der Waals surface area contributed by atoms with Crippen LogP contribution in [0, 0.1) is 5.92 Å². The molecule has 0 amide bonds. The topological polar surface area (TPSA) is 34.1 Å². The first-order chi connectivity index (χ1) is 9.69. The Balaban J connectivity index is 2.00. The molecule has 0 unspecified atom stereocenters. The second kappa shape index (κ2) is 7.29. The highest BCUT2D eigenvalue weighted by Gasteiger charge is 2.05. The summed E-state index contributed by atoms with van der Waals surface area (Å²) >= 11 is 1.69. The first kappa shape index (κ1) is 14.9. The second-order valence-electron chi connectivity index (χ2n) is 5.18. The van der Waals surface area contributed by atoms with Crippen LogP contribution < -0.4 is 10.1 Å². The molecule has 0 bridgehead atoms. The molecule has 1 aromatic heterocycles. The molecule has 0 fully saturated rings. The van der Waals surface area contributed by atoms with Gasteiger partial charge in [0.25, 0.3) is 0 Å². The zero-order valence-corrected chi connectivity index (χ0v) is 13.2. The van der Waals surface area contributed by atoms with Crippen LogP contribution in [0.4, 0.5) is 5.13 Å². The van der Waals surface area contributed by atoms with Crippen molar-refractivity contribution in [2.45, 2.75) is 27.2 Å². The van der Waals surface area contributed by atoms with Crippen molar-refractivity contribution in [1.29, 1.82) is 0 Å². The van der Waals surface area contributed by atoms with Gasteiger partial charge in [0.1, 0.15) is 5.75 Å². The fourth-order valence-corrected chi connectivity index (χ4v) is 2.54. The van der Waals surface area contributed by atoms with Crippen LogP contribution in [0.25, 0.3) is 10.4 Å². The standard InChI is InChI=1S/C16H22N2OS/c1-4-9-19-14-7-5-13(6-8-14)15-11-18-16(20-15)17-10-12(2)3/h5-8,11-12H,4,9-10H2,1-3H3,(H,17,18). The van der Waals surface area contributed by atoms with E-state index in [0.717, 1.165) is 30.5 Å². The summed E-state index contributed by atoms with van der Waals surface area (Å²) in [6, 6.07) is 8.22. The lowest BCUT2D eigenvalue weighted by Crippen LogP contribution is -2.07. The first-order valence-corrected chi connectivity index (χ1v) is 7.93. The van der Waals surface area contributed by atoms with Crippen molar-refractivity contribution in [3.8, 4) is 16.2 Å². The largest absolute Gasteiger partial charge is 0.494 e. The van der Waals surface area contributed by atoms with Crippen molar-refractivity contribution < 1.29 is 4.74 Å². The SMILES string of the molecule is CCCOc1ccc(-c2cnc(NCC(C)C)s2)cc1. The van der Waals surface area contributed by atoms with Gasteiger partial charge in [0.2, 0.25) is 0 Å². The van der Waals surface area contributed by atoms with Crippen LogP contribution >= 0.6 is 11.3 Å². The Morgan fingerprint density at radius 3 is 2.65 bits per heavy atom.